The molecule has 0 radical (unpaired) electrons. The summed E-state index contributed by atoms with van der Waals surface area (Å²) in [5, 5.41) is 17.0. The van der Waals surface area contributed by atoms with Gasteiger partial charge in [0.15, 0.2) is 0 Å². The van der Waals surface area contributed by atoms with Gasteiger partial charge < -0.3 is 5.11 Å². The number of nitrogens with zero attached hydrogens (tertiary/aromatic N) is 1. The third-order valence-corrected chi connectivity index (χ3v) is 1.70. The van der Waals surface area contributed by atoms with Crippen LogP contribution in [0, 0.1) is 11.3 Å². The van der Waals surface area contributed by atoms with Gasteiger partial charge in [-0.25, -0.2) is 4.79 Å². The van der Waals surface area contributed by atoms with Crippen molar-refractivity contribution in [3.05, 3.63) is 53.6 Å². The van der Waals surface area contributed by atoms with E-state index in [1.54, 1.807) is 18.2 Å². The number of allylic oxidation sites excluding steroid dienone is 2. The molecule has 0 amide bonds. The lowest BCUT2D eigenvalue weighted by Gasteiger charge is -1.89. The second kappa shape index (κ2) is 5.40. The summed E-state index contributed by atoms with van der Waals surface area (Å²) in [4.78, 5) is 10.4. The van der Waals surface area contributed by atoms with Crippen LogP contribution < -0.4 is 0 Å². The Kier molecular flexibility index (Phi) is 3.87. The predicted molar refractivity (Wildman–Crippen MR) is 56.8 cm³/mol. The quantitative estimate of drug-likeness (QED) is 0.461. The van der Waals surface area contributed by atoms with E-state index >= 15 is 0 Å². The smallest absolute Gasteiger partial charge is 0.346 e. The van der Waals surface area contributed by atoms with Crippen molar-refractivity contribution in [2.45, 2.75) is 0 Å². The van der Waals surface area contributed by atoms with Crippen molar-refractivity contribution >= 4 is 12.0 Å². The lowest BCUT2D eigenvalue weighted by Crippen LogP contribution is -1.96. The van der Waals surface area contributed by atoms with E-state index in [0.29, 0.717) is 0 Å². The summed E-state index contributed by atoms with van der Waals surface area (Å²) >= 11 is 0. The van der Waals surface area contributed by atoms with E-state index in [4.69, 9.17) is 10.4 Å². The van der Waals surface area contributed by atoms with Gasteiger partial charge in [0.05, 0.1) is 0 Å². The Balaban J connectivity index is 2.76. The van der Waals surface area contributed by atoms with Crippen LogP contribution in [-0.4, -0.2) is 11.1 Å². The molecule has 74 valence electrons. The van der Waals surface area contributed by atoms with Crippen molar-refractivity contribution in [1.29, 1.82) is 5.26 Å². The number of benzene rings is 1. The monoisotopic (exact) mass is 199 g/mol. The molecule has 0 spiro atoms. The summed E-state index contributed by atoms with van der Waals surface area (Å²) in [5.74, 6) is -1.21. The van der Waals surface area contributed by atoms with Crippen LogP contribution in [0.3, 0.4) is 0 Å². The van der Waals surface area contributed by atoms with Crippen LogP contribution in [0.5, 0.6) is 0 Å². The van der Waals surface area contributed by atoms with Crippen LogP contribution in [0.25, 0.3) is 6.08 Å². The number of hydrogen-bond acceptors (Lipinski definition) is 2. The van der Waals surface area contributed by atoms with Crippen molar-refractivity contribution in [3.63, 3.8) is 0 Å². The Hall–Kier alpha value is -2.34. The summed E-state index contributed by atoms with van der Waals surface area (Å²) in [6, 6.07) is 11.0. The number of carboxylic acid groups (broad SMARTS) is 1. The van der Waals surface area contributed by atoms with Crippen LogP contribution in [-0.2, 0) is 4.79 Å². The molecule has 0 bridgehead atoms. The highest BCUT2D eigenvalue weighted by molar-refractivity contribution is 5.91. The Bertz CT molecular complexity index is 438. The number of nitriles is 1. The third-order valence-electron chi connectivity index (χ3n) is 1.70. The molecule has 15 heavy (non-hydrogen) atoms. The van der Waals surface area contributed by atoms with E-state index in [1.807, 2.05) is 30.3 Å². The maximum atomic E-state index is 10.4. The van der Waals surface area contributed by atoms with E-state index in [1.165, 1.54) is 6.08 Å². The zero-order chi connectivity index (χ0) is 11.1. The fourth-order valence-corrected chi connectivity index (χ4v) is 0.976. The largest absolute Gasteiger partial charge is 0.477 e. The van der Waals surface area contributed by atoms with Crippen molar-refractivity contribution in [3.8, 4) is 6.07 Å². The molecule has 3 heteroatoms. The van der Waals surface area contributed by atoms with Gasteiger partial charge in [0, 0.05) is 0 Å². The summed E-state index contributed by atoms with van der Waals surface area (Å²) in [5.41, 5.74) is 0.679. The van der Waals surface area contributed by atoms with Crippen molar-refractivity contribution in [2.75, 3.05) is 0 Å². The lowest BCUT2D eigenvalue weighted by atomic mass is 10.2. The number of hydrogen-bond donors (Lipinski definition) is 1. The van der Waals surface area contributed by atoms with Crippen LogP contribution in [0.15, 0.2) is 48.1 Å². The molecule has 1 N–H and O–H groups in total. The first-order valence-electron chi connectivity index (χ1n) is 4.31. The van der Waals surface area contributed by atoms with Gasteiger partial charge in [0.1, 0.15) is 11.6 Å². The summed E-state index contributed by atoms with van der Waals surface area (Å²) in [6.07, 6.45) is 4.55. The Labute approximate surface area is 87.6 Å². The number of carboxylic acids is 1. The second-order valence-electron chi connectivity index (χ2n) is 2.77. The molecular formula is C12H9NO2. The van der Waals surface area contributed by atoms with Crippen LogP contribution in [0.2, 0.25) is 0 Å². The van der Waals surface area contributed by atoms with Gasteiger partial charge in [-0.05, 0) is 11.6 Å². The molecule has 0 saturated heterocycles. The summed E-state index contributed by atoms with van der Waals surface area (Å²) < 4.78 is 0. The first-order chi connectivity index (χ1) is 7.24. The van der Waals surface area contributed by atoms with Gasteiger partial charge in [-0.15, -0.1) is 0 Å². The first kappa shape index (κ1) is 10.7. The Morgan fingerprint density at radius 2 is 2.00 bits per heavy atom. The minimum atomic E-state index is -1.21. The average molecular weight is 199 g/mol. The van der Waals surface area contributed by atoms with Crippen molar-refractivity contribution in [2.24, 2.45) is 0 Å². The number of carbonyl (C=O) groups is 1. The molecule has 1 aromatic rings. The highest BCUT2D eigenvalue weighted by Crippen LogP contribution is 2.02. The van der Waals surface area contributed by atoms with Crippen LogP contribution >= 0.6 is 0 Å². The standard InChI is InChI=1S/C12H9NO2/c13-9-11(12(14)15)8-4-7-10-5-2-1-3-6-10/h1-8H,(H,14,15)/b7-4+,11-8-. The van der Waals surface area contributed by atoms with Crippen LogP contribution in [0.1, 0.15) is 5.56 Å². The molecule has 0 heterocycles. The molecule has 0 aliphatic rings. The molecule has 0 unspecified atom stereocenters. The van der Waals surface area contributed by atoms with Gasteiger partial charge in [-0.2, -0.15) is 5.26 Å². The average Bonchev–Trinajstić information content (AvgIpc) is 2.25. The van der Waals surface area contributed by atoms with Gasteiger partial charge in [0.2, 0.25) is 0 Å². The van der Waals surface area contributed by atoms with Crippen molar-refractivity contribution in [1.82, 2.24) is 0 Å². The zero-order valence-electron chi connectivity index (χ0n) is 7.92. The highest BCUT2D eigenvalue weighted by Gasteiger charge is 2.02. The molecule has 1 rings (SSSR count). The predicted octanol–water partition coefficient (Wildman–Crippen LogP) is 2.23. The SMILES string of the molecule is N#C/C(=C/C=C/c1ccccc1)C(=O)O. The Morgan fingerprint density at radius 3 is 2.53 bits per heavy atom. The molecule has 1 aromatic carbocycles. The third kappa shape index (κ3) is 3.49. The highest BCUT2D eigenvalue weighted by atomic mass is 16.4. The normalized spacial score (nSPS) is 11.3. The lowest BCUT2D eigenvalue weighted by molar-refractivity contribution is -0.132. The van der Waals surface area contributed by atoms with E-state index in [0.717, 1.165) is 5.56 Å². The van der Waals surface area contributed by atoms with E-state index < -0.39 is 5.97 Å². The second-order valence-corrected chi connectivity index (χ2v) is 2.77. The Morgan fingerprint density at radius 1 is 1.33 bits per heavy atom. The van der Waals surface area contributed by atoms with Gasteiger partial charge in [0.25, 0.3) is 0 Å². The fraction of sp³-hybridized carbons (Fsp3) is 0. The zero-order valence-corrected chi connectivity index (χ0v) is 7.92. The summed E-state index contributed by atoms with van der Waals surface area (Å²) in [6.45, 7) is 0. The minimum absolute atomic E-state index is 0.276. The van der Waals surface area contributed by atoms with Crippen molar-refractivity contribution < 1.29 is 9.90 Å². The molecule has 0 aliphatic carbocycles. The molecule has 0 aromatic heterocycles. The van der Waals surface area contributed by atoms with E-state index in [9.17, 15) is 4.79 Å². The van der Waals surface area contributed by atoms with Gasteiger partial charge in [-0.3, -0.25) is 0 Å². The number of aliphatic carboxylic acids is 1. The van der Waals surface area contributed by atoms with Crippen LogP contribution in [0.4, 0.5) is 0 Å². The molecule has 0 aliphatic heterocycles. The van der Waals surface area contributed by atoms with E-state index in [-0.39, 0.29) is 5.57 Å². The molecular weight excluding hydrogens is 190 g/mol. The van der Waals surface area contributed by atoms with Gasteiger partial charge in [-0.1, -0.05) is 42.5 Å². The molecule has 0 saturated carbocycles. The number of rotatable bonds is 3. The summed E-state index contributed by atoms with van der Waals surface area (Å²) in [7, 11) is 0. The molecule has 0 fully saturated rings. The topological polar surface area (TPSA) is 61.1 Å². The fourth-order valence-electron chi connectivity index (χ4n) is 0.976. The minimum Gasteiger partial charge on any atom is -0.477 e. The maximum Gasteiger partial charge on any atom is 0.346 e. The first-order valence-corrected chi connectivity index (χ1v) is 4.31. The maximum absolute atomic E-state index is 10.4. The molecule has 0 atom stereocenters. The molecule has 3 nitrogen and oxygen atoms in total. The van der Waals surface area contributed by atoms with Gasteiger partial charge >= 0.3 is 5.97 Å². The van der Waals surface area contributed by atoms with E-state index in [2.05, 4.69) is 0 Å².